The molecule has 0 aliphatic carbocycles. The number of carboxylic acids is 1. The molecule has 0 unspecified atom stereocenters. The summed E-state index contributed by atoms with van der Waals surface area (Å²) in [6.45, 7) is 0. The first-order valence-electron chi connectivity index (χ1n) is 2.82. The third-order valence-corrected chi connectivity index (χ3v) is 1.74. The molecule has 0 saturated heterocycles. The number of carbonyl (C=O) groups is 1. The van der Waals surface area contributed by atoms with Gasteiger partial charge in [-0.2, -0.15) is 0 Å². The van der Waals surface area contributed by atoms with Crippen LogP contribution >= 0.6 is 11.3 Å². The zero-order chi connectivity index (χ0) is 9.14. The topological polar surface area (TPSA) is 109 Å². The molecule has 0 spiro atoms. The Morgan fingerprint density at radius 1 is 1.75 bits per heavy atom. The smallest absolute Gasteiger partial charge is 0.360 e. The highest BCUT2D eigenvalue weighted by Crippen LogP contribution is 2.11. The zero-order valence-electron chi connectivity index (χ0n) is 5.76. The lowest BCUT2D eigenvalue weighted by atomic mass is 10.3. The molecule has 12 heavy (non-hydrogen) atoms. The summed E-state index contributed by atoms with van der Waals surface area (Å²) in [5.74, 6) is -1.34. The van der Waals surface area contributed by atoms with Gasteiger partial charge in [0.1, 0.15) is 5.69 Å². The van der Waals surface area contributed by atoms with Crippen LogP contribution in [0, 0.1) is 0 Å². The van der Waals surface area contributed by atoms with Crippen LogP contribution in [0.5, 0.6) is 0 Å². The average molecular weight is 187 g/mol. The highest BCUT2D eigenvalue weighted by Gasteiger charge is 2.15. The Kier molecular flexibility index (Phi) is 2.24. The summed E-state index contributed by atoms with van der Waals surface area (Å²) in [6, 6.07) is 0. The number of nitrogens with two attached hydrogens (primary N) is 1. The number of anilines is 1. The minimum Gasteiger partial charge on any atom is -0.476 e. The van der Waals surface area contributed by atoms with Gasteiger partial charge in [0, 0.05) is 5.38 Å². The quantitative estimate of drug-likeness (QED) is 0.342. The Labute approximate surface area is 71.0 Å². The second-order valence-corrected chi connectivity index (χ2v) is 2.71. The molecule has 6 nitrogen and oxygen atoms in total. The monoisotopic (exact) mass is 187 g/mol. The highest BCUT2D eigenvalue weighted by atomic mass is 32.1. The van der Waals surface area contributed by atoms with Crippen molar-refractivity contribution in [1.29, 1.82) is 0 Å². The number of thiazole rings is 1. The molecule has 0 atom stereocenters. The molecule has 0 amide bonds. The lowest BCUT2D eigenvalue weighted by Gasteiger charge is -1.90. The van der Waals surface area contributed by atoms with E-state index in [4.69, 9.17) is 16.0 Å². The van der Waals surface area contributed by atoms with Gasteiger partial charge in [0.15, 0.2) is 5.13 Å². The molecule has 1 rings (SSSR count). The maximum atomic E-state index is 10.4. The normalized spacial score (nSPS) is 11.5. The van der Waals surface area contributed by atoms with Crippen LogP contribution in [0.15, 0.2) is 10.5 Å². The first-order chi connectivity index (χ1) is 5.65. The molecule has 0 aromatic carbocycles. The van der Waals surface area contributed by atoms with E-state index in [1.165, 1.54) is 5.38 Å². The fourth-order valence-electron chi connectivity index (χ4n) is 0.600. The Hall–Kier alpha value is -1.63. The molecule has 1 aromatic rings. The predicted molar refractivity (Wildman–Crippen MR) is 42.5 cm³/mol. The summed E-state index contributed by atoms with van der Waals surface area (Å²) in [5.41, 5.74) is 4.80. The van der Waals surface area contributed by atoms with Crippen LogP contribution in [0.4, 0.5) is 5.13 Å². The van der Waals surface area contributed by atoms with Crippen molar-refractivity contribution in [3.63, 3.8) is 0 Å². The van der Waals surface area contributed by atoms with E-state index >= 15 is 0 Å². The number of aliphatic carboxylic acids is 1. The Bertz CT molecular complexity index is 332. The Morgan fingerprint density at radius 2 is 2.42 bits per heavy atom. The minimum absolute atomic E-state index is 0.0625. The minimum atomic E-state index is -1.34. The van der Waals surface area contributed by atoms with E-state index in [0.717, 1.165) is 11.3 Å². The van der Waals surface area contributed by atoms with Crippen LogP contribution in [0.25, 0.3) is 0 Å². The van der Waals surface area contributed by atoms with Gasteiger partial charge >= 0.3 is 5.97 Å². The van der Waals surface area contributed by atoms with Gasteiger partial charge in [-0.15, -0.1) is 11.3 Å². The van der Waals surface area contributed by atoms with Crippen molar-refractivity contribution in [3.05, 3.63) is 11.1 Å². The summed E-state index contributed by atoms with van der Waals surface area (Å²) >= 11 is 1.08. The van der Waals surface area contributed by atoms with Gasteiger partial charge in [0.25, 0.3) is 0 Å². The SMILES string of the molecule is Nc1nc(C(=NO)C(=O)O)cs1. The first kappa shape index (κ1) is 8.47. The molecule has 0 saturated carbocycles. The van der Waals surface area contributed by atoms with Crippen LogP contribution in [-0.4, -0.2) is 27.0 Å². The van der Waals surface area contributed by atoms with E-state index in [1.807, 2.05) is 0 Å². The van der Waals surface area contributed by atoms with E-state index in [9.17, 15) is 4.79 Å². The molecule has 64 valence electrons. The van der Waals surface area contributed by atoms with Crippen molar-refractivity contribution < 1.29 is 15.1 Å². The van der Waals surface area contributed by atoms with Crippen molar-refractivity contribution in [1.82, 2.24) is 4.98 Å². The van der Waals surface area contributed by atoms with Gasteiger partial charge in [0.05, 0.1) is 0 Å². The van der Waals surface area contributed by atoms with E-state index in [2.05, 4.69) is 10.1 Å². The summed E-state index contributed by atoms with van der Waals surface area (Å²) in [5, 5.41) is 21.0. The molecule has 7 heteroatoms. The van der Waals surface area contributed by atoms with Gasteiger partial charge < -0.3 is 16.0 Å². The fourth-order valence-corrected chi connectivity index (χ4v) is 1.15. The number of hydrogen-bond donors (Lipinski definition) is 3. The molecule has 0 aliphatic heterocycles. The number of aromatic nitrogens is 1. The predicted octanol–water partition coefficient (Wildman–Crippen LogP) is -0.0118. The molecule has 1 heterocycles. The summed E-state index contributed by atoms with van der Waals surface area (Å²) in [4.78, 5) is 14.0. The Morgan fingerprint density at radius 3 is 2.75 bits per heavy atom. The molecular formula is C5H5N3O3S. The van der Waals surface area contributed by atoms with Crippen LogP contribution in [-0.2, 0) is 4.79 Å². The van der Waals surface area contributed by atoms with Crippen molar-refractivity contribution in [3.8, 4) is 0 Å². The summed E-state index contributed by atoms with van der Waals surface area (Å²) in [6.07, 6.45) is 0. The van der Waals surface area contributed by atoms with E-state index in [1.54, 1.807) is 0 Å². The van der Waals surface area contributed by atoms with Crippen LogP contribution in [0.3, 0.4) is 0 Å². The average Bonchev–Trinajstić information content (AvgIpc) is 2.37. The Balaban J connectivity index is 3.04. The molecular weight excluding hydrogens is 182 g/mol. The van der Waals surface area contributed by atoms with Gasteiger partial charge in [0.2, 0.25) is 5.71 Å². The molecule has 1 aromatic heterocycles. The second kappa shape index (κ2) is 3.18. The molecule has 0 aliphatic rings. The van der Waals surface area contributed by atoms with Crippen molar-refractivity contribution in [2.75, 3.05) is 5.73 Å². The largest absolute Gasteiger partial charge is 0.476 e. The van der Waals surface area contributed by atoms with Crippen molar-refractivity contribution in [2.45, 2.75) is 0 Å². The number of hydrogen-bond acceptors (Lipinski definition) is 6. The summed E-state index contributed by atoms with van der Waals surface area (Å²) < 4.78 is 0. The first-order valence-corrected chi connectivity index (χ1v) is 3.70. The van der Waals surface area contributed by atoms with Crippen LogP contribution in [0.2, 0.25) is 0 Å². The molecule has 0 bridgehead atoms. The van der Waals surface area contributed by atoms with Gasteiger partial charge in [-0.1, -0.05) is 5.16 Å². The number of nitrogen functional groups attached to an aromatic ring is 1. The number of carboxylic acid groups (broad SMARTS) is 1. The maximum absolute atomic E-state index is 10.4. The van der Waals surface area contributed by atoms with Crippen LogP contribution < -0.4 is 5.73 Å². The summed E-state index contributed by atoms with van der Waals surface area (Å²) in [7, 11) is 0. The van der Waals surface area contributed by atoms with E-state index < -0.39 is 11.7 Å². The molecule has 0 radical (unpaired) electrons. The van der Waals surface area contributed by atoms with Crippen molar-refractivity contribution in [2.24, 2.45) is 5.16 Å². The fraction of sp³-hybridized carbons (Fsp3) is 0. The van der Waals surface area contributed by atoms with E-state index in [-0.39, 0.29) is 10.8 Å². The molecule has 4 N–H and O–H groups in total. The highest BCUT2D eigenvalue weighted by molar-refractivity contribution is 7.13. The lowest BCUT2D eigenvalue weighted by Crippen LogP contribution is -2.14. The van der Waals surface area contributed by atoms with Crippen LogP contribution in [0.1, 0.15) is 5.69 Å². The van der Waals surface area contributed by atoms with Gasteiger partial charge in [-0.3, -0.25) is 0 Å². The second-order valence-electron chi connectivity index (χ2n) is 1.82. The number of rotatable bonds is 2. The molecule has 0 fully saturated rings. The maximum Gasteiger partial charge on any atom is 0.360 e. The van der Waals surface area contributed by atoms with E-state index in [0.29, 0.717) is 0 Å². The number of oxime groups is 1. The third kappa shape index (κ3) is 1.51. The van der Waals surface area contributed by atoms with Gasteiger partial charge in [-0.25, -0.2) is 9.78 Å². The third-order valence-electron chi connectivity index (χ3n) is 1.07. The number of nitrogens with zero attached hydrogens (tertiary/aromatic N) is 2. The lowest BCUT2D eigenvalue weighted by molar-refractivity contribution is -0.129. The standard InChI is InChI=1S/C5H5N3O3S/c6-5-7-2(1-12-5)3(8-11)4(9)10/h1,11H,(H2,6,7)(H,9,10). The zero-order valence-corrected chi connectivity index (χ0v) is 6.58. The van der Waals surface area contributed by atoms with Crippen molar-refractivity contribution >= 4 is 28.1 Å². The van der Waals surface area contributed by atoms with Gasteiger partial charge in [-0.05, 0) is 0 Å².